The van der Waals surface area contributed by atoms with E-state index in [1.807, 2.05) is 6.07 Å². The first-order valence-corrected chi connectivity index (χ1v) is 8.17. The van der Waals surface area contributed by atoms with Crippen LogP contribution in [0.2, 0.25) is 5.02 Å². The number of ether oxygens (including phenoxy) is 2. The Labute approximate surface area is 142 Å². The summed E-state index contributed by atoms with van der Waals surface area (Å²) in [6.45, 7) is 7.49. The smallest absolute Gasteiger partial charge is 0.193 e. The zero-order valence-corrected chi connectivity index (χ0v) is 14.5. The molecule has 2 rings (SSSR count). The van der Waals surface area contributed by atoms with Crippen LogP contribution in [0.4, 0.5) is 5.69 Å². The van der Waals surface area contributed by atoms with Crippen LogP contribution in [0, 0.1) is 5.92 Å². The van der Waals surface area contributed by atoms with Gasteiger partial charge in [0, 0.05) is 31.9 Å². The van der Waals surface area contributed by atoms with Gasteiger partial charge in [0.1, 0.15) is 5.75 Å². The molecule has 0 radical (unpaired) electrons. The summed E-state index contributed by atoms with van der Waals surface area (Å²) >= 11 is 6.09. The number of nitrogens with one attached hydrogen (secondary N) is 1. The molecule has 0 aliphatic carbocycles. The van der Waals surface area contributed by atoms with E-state index in [2.05, 4.69) is 22.1 Å². The normalized spacial score (nSPS) is 17.8. The summed E-state index contributed by atoms with van der Waals surface area (Å²) in [4.78, 5) is 6.81. The van der Waals surface area contributed by atoms with Crippen LogP contribution in [0.25, 0.3) is 0 Å². The lowest BCUT2D eigenvalue weighted by Gasteiger charge is -2.28. The molecule has 1 aliphatic rings. The number of guanidine groups is 1. The van der Waals surface area contributed by atoms with Gasteiger partial charge in [0.25, 0.3) is 0 Å². The minimum absolute atomic E-state index is 0.389. The molecule has 6 nitrogen and oxygen atoms in total. The third-order valence-electron chi connectivity index (χ3n) is 3.67. The molecule has 23 heavy (non-hydrogen) atoms. The van der Waals surface area contributed by atoms with Gasteiger partial charge in [0.15, 0.2) is 5.96 Å². The molecule has 1 atom stereocenters. The van der Waals surface area contributed by atoms with E-state index in [1.54, 1.807) is 19.2 Å². The first-order valence-electron chi connectivity index (χ1n) is 7.79. The van der Waals surface area contributed by atoms with Crippen molar-refractivity contribution >= 4 is 23.2 Å². The number of rotatable bonds is 6. The van der Waals surface area contributed by atoms with Crippen molar-refractivity contribution in [3.05, 3.63) is 23.2 Å². The molecule has 0 saturated carbocycles. The van der Waals surface area contributed by atoms with Crippen molar-refractivity contribution in [3.8, 4) is 5.75 Å². The topological polar surface area (TPSA) is 72.1 Å². The highest BCUT2D eigenvalue weighted by Gasteiger charge is 2.13. The molecule has 1 fully saturated rings. The molecule has 0 spiro atoms. The van der Waals surface area contributed by atoms with E-state index in [-0.39, 0.29) is 0 Å². The Morgan fingerprint density at radius 2 is 2.22 bits per heavy atom. The number of morpholine rings is 1. The molecule has 1 aromatic carbocycles. The number of hydrogen-bond donors (Lipinski definition) is 2. The number of nitrogens with zero attached hydrogens (tertiary/aromatic N) is 2. The second kappa shape index (κ2) is 8.96. The van der Waals surface area contributed by atoms with E-state index in [9.17, 15) is 0 Å². The maximum absolute atomic E-state index is 6.09. The fourth-order valence-corrected chi connectivity index (χ4v) is 2.73. The van der Waals surface area contributed by atoms with Gasteiger partial charge in [-0.2, -0.15) is 0 Å². The number of methoxy groups -OCH3 is 1. The van der Waals surface area contributed by atoms with Crippen LogP contribution in [-0.2, 0) is 4.74 Å². The second-order valence-corrected chi connectivity index (χ2v) is 6.13. The minimum Gasteiger partial charge on any atom is -0.495 e. The molecule has 0 bridgehead atoms. The maximum Gasteiger partial charge on any atom is 0.193 e. The Kier molecular flexibility index (Phi) is 6.95. The fourth-order valence-electron chi connectivity index (χ4n) is 2.47. The fraction of sp³-hybridized carbons (Fsp3) is 0.562. The summed E-state index contributed by atoms with van der Waals surface area (Å²) in [6, 6.07) is 5.41. The van der Waals surface area contributed by atoms with Gasteiger partial charge < -0.3 is 20.5 Å². The van der Waals surface area contributed by atoms with E-state index >= 15 is 0 Å². The first-order chi connectivity index (χ1) is 11.1. The van der Waals surface area contributed by atoms with Gasteiger partial charge in [0.2, 0.25) is 0 Å². The van der Waals surface area contributed by atoms with Crippen molar-refractivity contribution in [2.24, 2.45) is 16.6 Å². The van der Waals surface area contributed by atoms with Crippen LogP contribution in [0.15, 0.2) is 23.2 Å². The van der Waals surface area contributed by atoms with Gasteiger partial charge >= 0.3 is 0 Å². The Morgan fingerprint density at radius 3 is 2.87 bits per heavy atom. The lowest BCUT2D eigenvalue weighted by atomic mass is 10.1. The van der Waals surface area contributed by atoms with Crippen LogP contribution in [-0.4, -0.2) is 57.4 Å². The standard InChI is InChI=1S/C16H25ClN4O2/c1-12(11-21-5-7-23-8-6-21)10-19-16(18)20-13-3-4-15(22-2)14(17)9-13/h3-4,9,12H,5-8,10-11H2,1-2H3,(H3,18,19,20). The quantitative estimate of drug-likeness (QED) is 0.612. The van der Waals surface area contributed by atoms with Crippen molar-refractivity contribution in [2.45, 2.75) is 6.92 Å². The summed E-state index contributed by atoms with van der Waals surface area (Å²) in [5, 5.41) is 3.58. The van der Waals surface area contributed by atoms with Crippen LogP contribution in [0.1, 0.15) is 6.92 Å². The number of aliphatic imine (C=N–C) groups is 1. The summed E-state index contributed by atoms with van der Waals surface area (Å²) < 4.78 is 10.5. The van der Waals surface area contributed by atoms with Crippen LogP contribution in [0.5, 0.6) is 5.75 Å². The van der Waals surface area contributed by atoms with Crippen molar-refractivity contribution in [1.29, 1.82) is 0 Å². The largest absolute Gasteiger partial charge is 0.495 e. The molecule has 128 valence electrons. The summed E-state index contributed by atoms with van der Waals surface area (Å²) in [7, 11) is 1.58. The van der Waals surface area contributed by atoms with E-state index in [0.29, 0.717) is 29.2 Å². The Balaban J connectivity index is 1.81. The highest BCUT2D eigenvalue weighted by molar-refractivity contribution is 6.32. The highest BCUT2D eigenvalue weighted by Crippen LogP contribution is 2.27. The average Bonchev–Trinajstić information content (AvgIpc) is 2.54. The van der Waals surface area contributed by atoms with Gasteiger partial charge in [-0.25, -0.2) is 0 Å². The third-order valence-corrected chi connectivity index (χ3v) is 3.97. The van der Waals surface area contributed by atoms with Crippen LogP contribution < -0.4 is 15.8 Å². The van der Waals surface area contributed by atoms with Crippen molar-refractivity contribution < 1.29 is 9.47 Å². The van der Waals surface area contributed by atoms with E-state index in [0.717, 1.165) is 38.5 Å². The summed E-state index contributed by atoms with van der Waals surface area (Å²) in [6.07, 6.45) is 0. The third kappa shape index (κ3) is 5.89. The lowest BCUT2D eigenvalue weighted by molar-refractivity contribution is 0.0323. The predicted molar refractivity (Wildman–Crippen MR) is 94.5 cm³/mol. The van der Waals surface area contributed by atoms with Gasteiger partial charge in [-0.1, -0.05) is 18.5 Å². The Hall–Kier alpha value is -1.50. The molecule has 1 unspecified atom stereocenters. The summed E-state index contributed by atoms with van der Waals surface area (Å²) in [5.41, 5.74) is 6.73. The number of anilines is 1. The molecule has 0 aromatic heterocycles. The van der Waals surface area contributed by atoms with Crippen molar-refractivity contribution in [3.63, 3.8) is 0 Å². The van der Waals surface area contributed by atoms with E-state index in [4.69, 9.17) is 26.8 Å². The van der Waals surface area contributed by atoms with E-state index in [1.165, 1.54) is 0 Å². The molecule has 7 heteroatoms. The molecule has 1 aliphatic heterocycles. The van der Waals surface area contributed by atoms with Crippen LogP contribution in [0.3, 0.4) is 0 Å². The maximum atomic E-state index is 6.09. The number of nitrogens with two attached hydrogens (primary N) is 1. The second-order valence-electron chi connectivity index (χ2n) is 5.72. The van der Waals surface area contributed by atoms with Gasteiger partial charge in [-0.3, -0.25) is 9.89 Å². The van der Waals surface area contributed by atoms with Crippen LogP contribution >= 0.6 is 11.6 Å². The van der Waals surface area contributed by atoms with E-state index < -0.39 is 0 Å². The monoisotopic (exact) mass is 340 g/mol. The number of hydrogen-bond acceptors (Lipinski definition) is 4. The molecule has 1 aromatic rings. The van der Waals surface area contributed by atoms with Gasteiger partial charge in [-0.15, -0.1) is 0 Å². The zero-order valence-electron chi connectivity index (χ0n) is 13.7. The van der Waals surface area contributed by atoms with Crippen molar-refractivity contribution in [1.82, 2.24) is 4.90 Å². The lowest BCUT2D eigenvalue weighted by Crippen LogP contribution is -2.39. The molecular weight excluding hydrogens is 316 g/mol. The summed E-state index contributed by atoms with van der Waals surface area (Å²) in [5.74, 6) is 1.46. The highest BCUT2D eigenvalue weighted by atomic mass is 35.5. The first kappa shape index (κ1) is 17.8. The number of halogens is 1. The SMILES string of the molecule is COc1ccc(NC(N)=NCC(C)CN2CCOCC2)cc1Cl. The van der Waals surface area contributed by atoms with Gasteiger partial charge in [-0.05, 0) is 24.1 Å². The molecule has 1 saturated heterocycles. The van der Waals surface area contributed by atoms with Gasteiger partial charge in [0.05, 0.1) is 25.3 Å². The van der Waals surface area contributed by atoms with Crippen molar-refractivity contribution in [2.75, 3.05) is 51.8 Å². The Bertz CT molecular complexity index is 533. The average molecular weight is 341 g/mol. The number of benzene rings is 1. The molecule has 1 heterocycles. The predicted octanol–water partition coefficient (Wildman–Crippen LogP) is 2.04. The molecule has 3 N–H and O–H groups in total. The zero-order chi connectivity index (χ0) is 16.7. The Morgan fingerprint density at radius 1 is 1.48 bits per heavy atom. The molecule has 0 amide bonds. The minimum atomic E-state index is 0.389. The molecular formula is C16H25ClN4O2.